The fraction of sp³-hybridized carbons (Fsp3) is 0.688. The van der Waals surface area contributed by atoms with Crippen LogP contribution >= 0.6 is 11.3 Å². The monoisotopic (exact) mass is 321 g/mol. The van der Waals surface area contributed by atoms with Crippen molar-refractivity contribution in [3.63, 3.8) is 0 Å². The van der Waals surface area contributed by atoms with Gasteiger partial charge in [-0.25, -0.2) is 4.98 Å². The standard InChI is InChI=1S/C16H23N3O2S/c1-11-14(22-10-17-11)15(21)19-9-4-6-13-16(19,3)7-5-8-18(13)12(2)20/h10,13H,4-9H2,1-3H3/t13-,16-/m0/s1. The molecule has 120 valence electrons. The number of hydrogen-bond acceptors (Lipinski definition) is 4. The number of fused-ring (bicyclic) bond motifs is 1. The smallest absolute Gasteiger partial charge is 0.266 e. The van der Waals surface area contributed by atoms with Crippen LogP contribution in [0, 0.1) is 6.92 Å². The fourth-order valence-electron chi connectivity index (χ4n) is 4.09. The Morgan fingerprint density at radius 2 is 2.14 bits per heavy atom. The van der Waals surface area contributed by atoms with Crippen LogP contribution in [0.4, 0.5) is 0 Å². The average Bonchev–Trinajstić information content (AvgIpc) is 2.90. The van der Waals surface area contributed by atoms with Crippen molar-refractivity contribution in [2.45, 2.75) is 58.0 Å². The van der Waals surface area contributed by atoms with E-state index in [1.807, 2.05) is 16.7 Å². The van der Waals surface area contributed by atoms with Gasteiger partial charge in [0.2, 0.25) is 5.91 Å². The lowest BCUT2D eigenvalue weighted by Crippen LogP contribution is -2.68. The van der Waals surface area contributed by atoms with Gasteiger partial charge in [0.25, 0.3) is 5.91 Å². The number of aromatic nitrogens is 1. The SMILES string of the molecule is CC(=O)N1CCC[C@@]2(C)[C@@H]1CCCN2C(=O)c1scnc1C. The molecule has 22 heavy (non-hydrogen) atoms. The zero-order valence-corrected chi connectivity index (χ0v) is 14.3. The van der Waals surface area contributed by atoms with Gasteiger partial charge in [0, 0.05) is 20.0 Å². The van der Waals surface area contributed by atoms with Crippen molar-refractivity contribution in [2.24, 2.45) is 0 Å². The number of nitrogens with zero attached hydrogens (tertiary/aromatic N) is 3. The highest BCUT2D eigenvalue weighted by atomic mass is 32.1. The molecule has 2 aliphatic heterocycles. The third kappa shape index (κ3) is 2.33. The molecule has 3 heterocycles. The number of piperidine rings is 2. The molecule has 0 radical (unpaired) electrons. The molecule has 1 aromatic heterocycles. The zero-order valence-electron chi connectivity index (χ0n) is 13.5. The molecule has 6 heteroatoms. The number of amides is 2. The van der Waals surface area contributed by atoms with Crippen molar-refractivity contribution in [2.75, 3.05) is 13.1 Å². The van der Waals surface area contributed by atoms with Crippen molar-refractivity contribution in [1.82, 2.24) is 14.8 Å². The molecular formula is C16H23N3O2S. The number of likely N-dealkylation sites (tertiary alicyclic amines) is 2. The summed E-state index contributed by atoms with van der Waals surface area (Å²) in [6, 6.07) is 0.143. The first-order chi connectivity index (χ1) is 10.4. The Labute approximate surface area is 135 Å². The number of aryl methyl sites for hydroxylation is 1. The number of rotatable bonds is 1. The van der Waals surface area contributed by atoms with E-state index in [1.54, 1.807) is 12.4 Å². The second kappa shape index (κ2) is 5.65. The minimum absolute atomic E-state index is 0.0811. The summed E-state index contributed by atoms with van der Waals surface area (Å²) in [5.41, 5.74) is 2.28. The summed E-state index contributed by atoms with van der Waals surface area (Å²) in [5, 5.41) is 0. The van der Waals surface area contributed by atoms with Crippen molar-refractivity contribution in [1.29, 1.82) is 0 Å². The van der Waals surface area contributed by atoms with Crippen LogP contribution in [0.2, 0.25) is 0 Å². The number of thiazole rings is 1. The van der Waals surface area contributed by atoms with Gasteiger partial charge in [-0.2, -0.15) is 0 Å². The Balaban J connectivity index is 1.93. The number of carbonyl (C=O) groups excluding carboxylic acids is 2. The molecule has 2 saturated heterocycles. The van der Waals surface area contributed by atoms with Gasteiger partial charge in [0.05, 0.1) is 22.8 Å². The number of hydrogen-bond donors (Lipinski definition) is 0. The van der Waals surface area contributed by atoms with Crippen LogP contribution in [0.25, 0.3) is 0 Å². The molecule has 0 aromatic carbocycles. The maximum Gasteiger partial charge on any atom is 0.266 e. The summed E-state index contributed by atoms with van der Waals surface area (Å²) in [7, 11) is 0. The van der Waals surface area contributed by atoms with E-state index in [0.717, 1.165) is 49.3 Å². The summed E-state index contributed by atoms with van der Waals surface area (Å²) in [6.45, 7) is 7.27. The third-order valence-electron chi connectivity index (χ3n) is 5.24. The molecule has 3 rings (SSSR count). The van der Waals surface area contributed by atoms with Crippen LogP contribution in [-0.4, -0.2) is 51.3 Å². The summed E-state index contributed by atoms with van der Waals surface area (Å²) >= 11 is 1.41. The highest BCUT2D eigenvalue weighted by molar-refractivity contribution is 7.11. The van der Waals surface area contributed by atoms with Crippen molar-refractivity contribution >= 4 is 23.2 Å². The van der Waals surface area contributed by atoms with Crippen LogP contribution in [0.15, 0.2) is 5.51 Å². The average molecular weight is 321 g/mol. The molecule has 0 N–H and O–H groups in total. The molecule has 0 saturated carbocycles. The first-order valence-corrected chi connectivity index (χ1v) is 8.82. The Morgan fingerprint density at radius 3 is 2.77 bits per heavy atom. The quantitative estimate of drug-likeness (QED) is 0.798. The van der Waals surface area contributed by atoms with Crippen LogP contribution in [0.3, 0.4) is 0 Å². The minimum atomic E-state index is -0.254. The second-order valence-electron chi connectivity index (χ2n) is 6.55. The van der Waals surface area contributed by atoms with E-state index in [2.05, 4.69) is 11.9 Å². The van der Waals surface area contributed by atoms with Gasteiger partial charge in [-0.1, -0.05) is 0 Å². The first-order valence-electron chi connectivity index (χ1n) is 7.94. The largest absolute Gasteiger partial charge is 0.338 e. The van der Waals surface area contributed by atoms with E-state index < -0.39 is 0 Å². The topological polar surface area (TPSA) is 53.5 Å². The van der Waals surface area contributed by atoms with E-state index in [1.165, 1.54) is 11.3 Å². The summed E-state index contributed by atoms with van der Waals surface area (Å²) in [4.78, 5) is 33.9. The molecule has 0 unspecified atom stereocenters. The summed E-state index contributed by atoms with van der Waals surface area (Å²) in [6.07, 6.45) is 3.86. The third-order valence-corrected chi connectivity index (χ3v) is 6.16. The van der Waals surface area contributed by atoms with Crippen molar-refractivity contribution in [3.05, 3.63) is 16.1 Å². The van der Waals surface area contributed by atoms with Crippen LogP contribution in [0.1, 0.15) is 54.9 Å². The highest BCUT2D eigenvalue weighted by Gasteiger charge is 2.50. The van der Waals surface area contributed by atoms with Gasteiger partial charge in [-0.15, -0.1) is 11.3 Å². The highest BCUT2D eigenvalue weighted by Crippen LogP contribution is 2.40. The molecule has 0 spiro atoms. The van der Waals surface area contributed by atoms with Crippen LogP contribution < -0.4 is 0 Å². The Hall–Kier alpha value is -1.43. The lowest BCUT2D eigenvalue weighted by atomic mass is 9.76. The molecule has 2 aliphatic rings. The van der Waals surface area contributed by atoms with Gasteiger partial charge in [-0.3, -0.25) is 9.59 Å². The fourth-order valence-corrected chi connectivity index (χ4v) is 4.84. The van der Waals surface area contributed by atoms with Gasteiger partial charge in [0.15, 0.2) is 0 Å². The molecule has 2 atom stereocenters. The molecular weight excluding hydrogens is 298 g/mol. The van der Waals surface area contributed by atoms with Gasteiger partial charge >= 0.3 is 0 Å². The Kier molecular flexibility index (Phi) is 3.97. The normalized spacial score (nSPS) is 28.4. The van der Waals surface area contributed by atoms with Crippen LogP contribution in [-0.2, 0) is 4.79 Å². The molecule has 1 aromatic rings. The molecule has 0 aliphatic carbocycles. The molecule has 2 amide bonds. The molecule has 5 nitrogen and oxygen atoms in total. The Bertz CT molecular complexity index is 600. The first kappa shape index (κ1) is 15.5. The zero-order chi connectivity index (χ0) is 15.9. The van der Waals surface area contributed by atoms with Gasteiger partial charge in [0.1, 0.15) is 4.88 Å². The van der Waals surface area contributed by atoms with E-state index in [-0.39, 0.29) is 23.4 Å². The van der Waals surface area contributed by atoms with E-state index in [0.29, 0.717) is 0 Å². The predicted octanol–water partition coefficient (Wildman–Crippen LogP) is 2.46. The molecule has 0 bridgehead atoms. The van der Waals surface area contributed by atoms with Crippen molar-refractivity contribution < 1.29 is 9.59 Å². The number of carbonyl (C=O) groups is 2. The minimum Gasteiger partial charge on any atom is -0.338 e. The van der Waals surface area contributed by atoms with E-state index in [9.17, 15) is 9.59 Å². The molecule has 2 fully saturated rings. The summed E-state index contributed by atoms with van der Waals surface area (Å²) < 4.78 is 0. The van der Waals surface area contributed by atoms with Gasteiger partial charge in [-0.05, 0) is 39.5 Å². The second-order valence-corrected chi connectivity index (χ2v) is 7.41. The Morgan fingerprint density at radius 1 is 1.36 bits per heavy atom. The lowest BCUT2D eigenvalue weighted by Gasteiger charge is -2.56. The van der Waals surface area contributed by atoms with E-state index >= 15 is 0 Å². The van der Waals surface area contributed by atoms with Gasteiger partial charge < -0.3 is 9.80 Å². The van der Waals surface area contributed by atoms with Crippen molar-refractivity contribution in [3.8, 4) is 0 Å². The maximum absolute atomic E-state index is 13.0. The lowest BCUT2D eigenvalue weighted by molar-refractivity contribution is -0.140. The predicted molar refractivity (Wildman–Crippen MR) is 85.9 cm³/mol. The van der Waals surface area contributed by atoms with E-state index in [4.69, 9.17) is 0 Å². The maximum atomic E-state index is 13.0. The summed E-state index contributed by atoms with van der Waals surface area (Å²) in [5.74, 6) is 0.205. The van der Waals surface area contributed by atoms with Crippen LogP contribution in [0.5, 0.6) is 0 Å².